The number of nitrogens with two attached hydrogens (primary N) is 1. The van der Waals surface area contributed by atoms with Crippen LogP contribution in [-0.4, -0.2) is 48.3 Å². The van der Waals surface area contributed by atoms with Crippen molar-refractivity contribution >= 4 is 40.6 Å². The van der Waals surface area contributed by atoms with E-state index in [-0.39, 0.29) is 17.4 Å². The number of thioether (sulfide) groups is 1. The van der Waals surface area contributed by atoms with Gasteiger partial charge in [0, 0.05) is 12.7 Å². The summed E-state index contributed by atoms with van der Waals surface area (Å²) < 4.78 is 14.9. The summed E-state index contributed by atoms with van der Waals surface area (Å²) in [6.45, 7) is 1.58. The summed E-state index contributed by atoms with van der Waals surface area (Å²) in [5, 5.41) is 12.1. The second kappa shape index (κ2) is 8.21. The number of nitrogens with zero attached hydrogens (tertiary/aromatic N) is 4. The number of carbonyl (C=O) groups excluding carboxylic acids is 1. The number of benzene rings is 1. The smallest absolute Gasteiger partial charge is 0.327 e. The first-order chi connectivity index (χ1) is 13.3. The van der Waals surface area contributed by atoms with Gasteiger partial charge in [-0.05, 0) is 17.7 Å². The maximum absolute atomic E-state index is 13.2. The number of aromatic nitrogens is 4. The maximum Gasteiger partial charge on any atom is 0.327 e. The van der Waals surface area contributed by atoms with Crippen LogP contribution < -0.4 is 11.1 Å². The SMILES string of the molecule is CC(=O)NC(CSc1nc2c(N)ncnc2n1Cc1ccc(F)cc1)C(=O)O. The van der Waals surface area contributed by atoms with Crippen molar-refractivity contribution in [3.8, 4) is 0 Å². The molecule has 3 aromatic rings. The molecule has 28 heavy (non-hydrogen) atoms. The van der Waals surface area contributed by atoms with Crippen molar-refractivity contribution in [2.45, 2.75) is 24.7 Å². The van der Waals surface area contributed by atoms with Gasteiger partial charge in [0.25, 0.3) is 0 Å². The summed E-state index contributed by atoms with van der Waals surface area (Å²) in [5.41, 5.74) is 7.55. The van der Waals surface area contributed by atoms with E-state index in [0.717, 1.165) is 17.3 Å². The molecule has 2 aromatic heterocycles. The number of carboxylic acid groups (broad SMARTS) is 1. The first-order valence-corrected chi connectivity index (χ1v) is 9.17. The van der Waals surface area contributed by atoms with Gasteiger partial charge in [-0.2, -0.15) is 0 Å². The van der Waals surface area contributed by atoms with Gasteiger partial charge in [0.1, 0.15) is 18.2 Å². The molecule has 3 rings (SSSR count). The molecule has 146 valence electrons. The number of carboxylic acids is 1. The van der Waals surface area contributed by atoms with Crippen LogP contribution in [-0.2, 0) is 16.1 Å². The van der Waals surface area contributed by atoms with Crippen molar-refractivity contribution in [3.63, 3.8) is 0 Å². The Labute approximate surface area is 163 Å². The van der Waals surface area contributed by atoms with Gasteiger partial charge in [0.05, 0.1) is 6.54 Å². The van der Waals surface area contributed by atoms with E-state index in [1.807, 2.05) is 0 Å². The average molecular weight is 404 g/mol. The summed E-state index contributed by atoms with van der Waals surface area (Å²) in [6, 6.07) is 4.89. The van der Waals surface area contributed by atoms with Gasteiger partial charge >= 0.3 is 5.97 Å². The predicted octanol–water partition coefficient (Wildman–Crippen LogP) is 1.28. The van der Waals surface area contributed by atoms with Crippen LogP contribution >= 0.6 is 11.8 Å². The van der Waals surface area contributed by atoms with Crippen LogP contribution in [0.3, 0.4) is 0 Å². The van der Waals surface area contributed by atoms with Crippen LogP contribution in [0.2, 0.25) is 0 Å². The number of hydrogen-bond donors (Lipinski definition) is 3. The third-order valence-electron chi connectivity index (χ3n) is 3.83. The van der Waals surface area contributed by atoms with Crippen molar-refractivity contribution in [2.24, 2.45) is 0 Å². The lowest BCUT2D eigenvalue weighted by molar-refractivity contribution is -0.140. The number of aliphatic carboxylic acids is 1. The molecule has 1 atom stereocenters. The molecule has 0 spiro atoms. The van der Waals surface area contributed by atoms with Crippen LogP contribution in [0.15, 0.2) is 35.7 Å². The van der Waals surface area contributed by atoms with Gasteiger partial charge in [-0.3, -0.25) is 9.36 Å². The lowest BCUT2D eigenvalue weighted by Crippen LogP contribution is -2.41. The Kier molecular flexibility index (Phi) is 5.73. The molecule has 0 radical (unpaired) electrons. The quantitative estimate of drug-likeness (QED) is 0.501. The number of halogens is 1. The third kappa shape index (κ3) is 4.36. The van der Waals surface area contributed by atoms with E-state index in [2.05, 4.69) is 20.3 Å². The molecule has 0 aliphatic heterocycles. The van der Waals surface area contributed by atoms with Crippen molar-refractivity contribution in [3.05, 3.63) is 42.0 Å². The van der Waals surface area contributed by atoms with Gasteiger partial charge in [0.2, 0.25) is 5.91 Å². The van der Waals surface area contributed by atoms with E-state index in [1.165, 1.54) is 25.4 Å². The molecule has 2 heterocycles. The van der Waals surface area contributed by atoms with Crippen molar-refractivity contribution in [1.82, 2.24) is 24.8 Å². The van der Waals surface area contributed by atoms with E-state index in [0.29, 0.717) is 22.9 Å². The first kappa shape index (κ1) is 19.5. The molecule has 0 aliphatic carbocycles. The fraction of sp³-hybridized carbons (Fsp3) is 0.235. The molecular weight excluding hydrogens is 387 g/mol. The van der Waals surface area contributed by atoms with E-state index >= 15 is 0 Å². The fourth-order valence-corrected chi connectivity index (χ4v) is 3.54. The highest BCUT2D eigenvalue weighted by Crippen LogP contribution is 2.26. The zero-order valence-corrected chi connectivity index (χ0v) is 15.6. The molecule has 1 unspecified atom stereocenters. The molecule has 0 fully saturated rings. The number of carbonyl (C=O) groups is 2. The number of fused-ring (bicyclic) bond motifs is 1. The Morgan fingerprint density at radius 3 is 2.68 bits per heavy atom. The molecule has 9 nitrogen and oxygen atoms in total. The summed E-state index contributed by atoms with van der Waals surface area (Å²) in [6.07, 6.45) is 1.31. The van der Waals surface area contributed by atoms with E-state index in [1.54, 1.807) is 16.7 Å². The number of anilines is 1. The summed E-state index contributed by atoms with van der Waals surface area (Å²) in [7, 11) is 0. The molecule has 0 aliphatic rings. The minimum absolute atomic E-state index is 0.0506. The highest BCUT2D eigenvalue weighted by Gasteiger charge is 2.22. The van der Waals surface area contributed by atoms with Gasteiger partial charge in [-0.15, -0.1) is 0 Å². The average Bonchev–Trinajstić information content (AvgIpc) is 2.99. The Bertz CT molecular complexity index is 1020. The molecule has 0 bridgehead atoms. The van der Waals surface area contributed by atoms with E-state index in [9.17, 15) is 19.1 Å². The van der Waals surface area contributed by atoms with Crippen molar-refractivity contribution in [2.75, 3.05) is 11.5 Å². The van der Waals surface area contributed by atoms with Crippen LogP contribution in [0.25, 0.3) is 11.2 Å². The molecule has 1 amide bonds. The Morgan fingerprint density at radius 2 is 2.04 bits per heavy atom. The van der Waals surface area contributed by atoms with Crippen LogP contribution in [0.5, 0.6) is 0 Å². The van der Waals surface area contributed by atoms with Crippen molar-refractivity contribution < 1.29 is 19.1 Å². The van der Waals surface area contributed by atoms with Gasteiger partial charge < -0.3 is 16.2 Å². The standard InChI is InChI=1S/C17H17FN6O3S/c1-9(25)22-12(16(26)27)7-28-17-23-13-14(19)20-8-21-15(13)24(17)6-10-2-4-11(18)5-3-10/h2-5,8,12H,6-7H2,1H3,(H,22,25)(H,26,27)(H2,19,20,21). The van der Waals surface area contributed by atoms with E-state index in [4.69, 9.17) is 5.73 Å². The summed E-state index contributed by atoms with van der Waals surface area (Å²) in [4.78, 5) is 35.2. The number of rotatable bonds is 7. The summed E-state index contributed by atoms with van der Waals surface area (Å²) in [5.74, 6) is -1.69. The molecule has 0 saturated heterocycles. The molecule has 1 aromatic carbocycles. The predicted molar refractivity (Wildman–Crippen MR) is 101 cm³/mol. The van der Waals surface area contributed by atoms with Gasteiger partial charge in [0.15, 0.2) is 22.1 Å². The second-order valence-electron chi connectivity index (χ2n) is 5.94. The third-order valence-corrected chi connectivity index (χ3v) is 4.90. The zero-order chi connectivity index (χ0) is 20.3. The minimum atomic E-state index is -1.15. The molecule has 4 N–H and O–H groups in total. The van der Waals surface area contributed by atoms with Crippen LogP contribution in [0.1, 0.15) is 12.5 Å². The Morgan fingerprint density at radius 1 is 1.32 bits per heavy atom. The van der Waals surface area contributed by atoms with Crippen LogP contribution in [0, 0.1) is 5.82 Å². The number of nitrogen functional groups attached to an aromatic ring is 1. The monoisotopic (exact) mass is 404 g/mol. The maximum atomic E-state index is 13.2. The number of nitrogens with one attached hydrogen (secondary N) is 1. The zero-order valence-electron chi connectivity index (χ0n) is 14.8. The minimum Gasteiger partial charge on any atom is -0.480 e. The largest absolute Gasteiger partial charge is 0.480 e. The van der Waals surface area contributed by atoms with Crippen molar-refractivity contribution in [1.29, 1.82) is 0 Å². The Balaban J connectivity index is 1.94. The second-order valence-corrected chi connectivity index (χ2v) is 6.93. The van der Waals surface area contributed by atoms with E-state index < -0.39 is 17.9 Å². The number of hydrogen-bond acceptors (Lipinski definition) is 7. The summed E-state index contributed by atoms with van der Waals surface area (Å²) >= 11 is 1.14. The molecule has 11 heteroatoms. The highest BCUT2D eigenvalue weighted by molar-refractivity contribution is 7.99. The van der Waals surface area contributed by atoms with Crippen LogP contribution in [0.4, 0.5) is 10.2 Å². The molecule has 0 saturated carbocycles. The first-order valence-electron chi connectivity index (χ1n) is 8.19. The topological polar surface area (TPSA) is 136 Å². The lowest BCUT2D eigenvalue weighted by Gasteiger charge is -2.13. The number of amides is 1. The molecular formula is C17H17FN6O3S. The Hall–Kier alpha value is -3.21. The van der Waals surface area contributed by atoms with Gasteiger partial charge in [-0.1, -0.05) is 23.9 Å². The van der Waals surface area contributed by atoms with Gasteiger partial charge in [-0.25, -0.2) is 24.1 Å². The normalized spacial score (nSPS) is 12.1. The number of imidazole rings is 1. The highest BCUT2D eigenvalue weighted by atomic mass is 32.2. The lowest BCUT2D eigenvalue weighted by atomic mass is 10.2. The fourth-order valence-electron chi connectivity index (χ4n) is 2.54.